The summed E-state index contributed by atoms with van der Waals surface area (Å²) in [5.74, 6) is 1.50. The lowest BCUT2D eigenvalue weighted by molar-refractivity contribution is -0.117. The third kappa shape index (κ3) is 4.60. The number of halogens is 2. The molecule has 5 nitrogen and oxygen atoms in total. The average molecular weight is 345 g/mol. The molecule has 1 aromatic heterocycles. The zero-order valence-electron chi connectivity index (χ0n) is 12.5. The maximum atomic E-state index is 12.1. The highest BCUT2D eigenvalue weighted by atomic mass is 35.5. The lowest BCUT2D eigenvalue weighted by atomic mass is 9.94. The maximum Gasteiger partial charge on any atom is 0.224 e. The molecular formula is C15H22Cl2N4O. The van der Waals surface area contributed by atoms with Crippen molar-refractivity contribution in [1.29, 1.82) is 0 Å². The van der Waals surface area contributed by atoms with Crippen LogP contribution in [0.1, 0.15) is 25.1 Å². The molecule has 1 aromatic carbocycles. The van der Waals surface area contributed by atoms with Crippen molar-refractivity contribution in [2.45, 2.75) is 26.2 Å². The number of hydrogen-bond donors (Lipinski definition) is 3. The molecule has 7 heteroatoms. The van der Waals surface area contributed by atoms with Gasteiger partial charge in [-0.1, -0.05) is 0 Å². The Morgan fingerprint density at radius 1 is 1.32 bits per heavy atom. The summed E-state index contributed by atoms with van der Waals surface area (Å²) in [6.07, 6.45) is 2.79. The number of nitrogens with zero attached hydrogens (tertiary/aromatic N) is 1. The van der Waals surface area contributed by atoms with E-state index in [1.54, 1.807) is 0 Å². The molecule has 2 heterocycles. The van der Waals surface area contributed by atoms with Crippen LogP contribution in [0.2, 0.25) is 0 Å². The van der Waals surface area contributed by atoms with E-state index >= 15 is 0 Å². The number of imidazole rings is 1. The van der Waals surface area contributed by atoms with Crippen LogP contribution in [0.5, 0.6) is 0 Å². The van der Waals surface area contributed by atoms with Crippen LogP contribution in [0.25, 0.3) is 11.0 Å². The Bertz CT molecular complexity index is 623. The minimum Gasteiger partial charge on any atom is -0.342 e. The van der Waals surface area contributed by atoms with E-state index in [-0.39, 0.29) is 30.7 Å². The summed E-state index contributed by atoms with van der Waals surface area (Å²) in [6.45, 7) is 3.98. The van der Waals surface area contributed by atoms with Gasteiger partial charge in [-0.3, -0.25) is 4.79 Å². The molecule has 0 bridgehead atoms. The quantitative estimate of drug-likeness (QED) is 0.801. The Morgan fingerprint density at radius 2 is 2.05 bits per heavy atom. The van der Waals surface area contributed by atoms with Crippen molar-refractivity contribution in [1.82, 2.24) is 15.3 Å². The first-order valence-electron chi connectivity index (χ1n) is 7.17. The monoisotopic (exact) mass is 344 g/mol. The van der Waals surface area contributed by atoms with Gasteiger partial charge in [-0.25, -0.2) is 4.98 Å². The number of rotatable bonds is 3. The lowest BCUT2D eigenvalue weighted by Crippen LogP contribution is -2.30. The van der Waals surface area contributed by atoms with Gasteiger partial charge in [0, 0.05) is 12.1 Å². The molecule has 3 rings (SSSR count). The minimum atomic E-state index is 0. The predicted molar refractivity (Wildman–Crippen MR) is 94.2 cm³/mol. The van der Waals surface area contributed by atoms with E-state index in [0.29, 0.717) is 12.3 Å². The van der Waals surface area contributed by atoms with Crippen LogP contribution in [0.3, 0.4) is 0 Å². The molecule has 22 heavy (non-hydrogen) atoms. The fourth-order valence-corrected chi connectivity index (χ4v) is 2.77. The number of aromatic amines is 1. The number of piperidine rings is 1. The van der Waals surface area contributed by atoms with Gasteiger partial charge in [-0.05, 0) is 57.0 Å². The summed E-state index contributed by atoms with van der Waals surface area (Å²) >= 11 is 0. The molecule has 0 unspecified atom stereocenters. The average Bonchev–Trinajstić information content (AvgIpc) is 2.79. The van der Waals surface area contributed by atoms with Crippen LogP contribution < -0.4 is 10.6 Å². The third-order valence-corrected chi connectivity index (χ3v) is 3.82. The van der Waals surface area contributed by atoms with Crippen LogP contribution in [-0.4, -0.2) is 29.0 Å². The number of carbonyl (C=O) groups excluding carboxylic acids is 1. The molecule has 1 aliphatic rings. The van der Waals surface area contributed by atoms with E-state index in [1.165, 1.54) is 0 Å². The number of aromatic nitrogens is 2. The van der Waals surface area contributed by atoms with E-state index in [0.717, 1.165) is 48.5 Å². The predicted octanol–water partition coefficient (Wildman–Crippen LogP) is 3.04. The van der Waals surface area contributed by atoms with Crippen molar-refractivity contribution in [2.24, 2.45) is 5.92 Å². The fourth-order valence-electron chi connectivity index (χ4n) is 2.77. The molecule has 3 N–H and O–H groups in total. The standard InChI is InChI=1S/C15H20N4O.2ClH/c1-10-17-13-3-2-12(9-14(13)18-10)19-15(20)8-11-4-6-16-7-5-11;;/h2-3,9,11,16H,4-8H2,1H3,(H,17,18)(H,19,20);2*1H. The number of hydrogen-bond acceptors (Lipinski definition) is 3. The summed E-state index contributed by atoms with van der Waals surface area (Å²) in [5, 5.41) is 6.30. The number of nitrogens with one attached hydrogen (secondary N) is 3. The Hall–Kier alpha value is -1.30. The highest BCUT2D eigenvalue weighted by Gasteiger charge is 2.16. The van der Waals surface area contributed by atoms with Gasteiger partial charge in [0.25, 0.3) is 0 Å². The fraction of sp³-hybridized carbons (Fsp3) is 0.467. The number of amides is 1. The summed E-state index contributed by atoms with van der Waals surface area (Å²) in [5.41, 5.74) is 2.72. The number of carbonyl (C=O) groups is 1. The largest absolute Gasteiger partial charge is 0.342 e. The number of aryl methyl sites for hydroxylation is 1. The molecule has 1 fully saturated rings. The van der Waals surface area contributed by atoms with Gasteiger partial charge in [0.1, 0.15) is 5.82 Å². The van der Waals surface area contributed by atoms with Gasteiger partial charge in [-0.15, -0.1) is 24.8 Å². The third-order valence-electron chi connectivity index (χ3n) is 3.82. The van der Waals surface area contributed by atoms with Crippen molar-refractivity contribution < 1.29 is 4.79 Å². The van der Waals surface area contributed by atoms with Crippen molar-refractivity contribution in [3.05, 3.63) is 24.0 Å². The van der Waals surface area contributed by atoms with E-state index in [1.807, 2.05) is 25.1 Å². The number of anilines is 1. The van der Waals surface area contributed by atoms with E-state index in [2.05, 4.69) is 20.6 Å². The molecule has 0 atom stereocenters. The van der Waals surface area contributed by atoms with Crippen LogP contribution in [-0.2, 0) is 4.79 Å². The van der Waals surface area contributed by atoms with Crippen LogP contribution in [0, 0.1) is 12.8 Å². The molecule has 0 aliphatic carbocycles. The number of benzene rings is 1. The van der Waals surface area contributed by atoms with Crippen LogP contribution in [0.4, 0.5) is 5.69 Å². The molecule has 1 saturated heterocycles. The van der Waals surface area contributed by atoms with Gasteiger partial charge in [0.05, 0.1) is 11.0 Å². The van der Waals surface area contributed by atoms with Crippen LogP contribution in [0.15, 0.2) is 18.2 Å². The Labute approximate surface area is 142 Å². The van der Waals surface area contributed by atoms with E-state index < -0.39 is 0 Å². The van der Waals surface area contributed by atoms with Gasteiger partial charge < -0.3 is 15.6 Å². The lowest BCUT2D eigenvalue weighted by Gasteiger charge is -2.21. The highest BCUT2D eigenvalue weighted by Crippen LogP contribution is 2.19. The van der Waals surface area contributed by atoms with Crippen molar-refractivity contribution >= 4 is 47.4 Å². The molecule has 0 saturated carbocycles. The smallest absolute Gasteiger partial charge is 0.224 e. The van der Waals surface area contributed by atoms with Gasteiger partial charge >= 0.3 is 0 Å². The van der Waals surface area contributed by atoms with E-state index in [9.17, 15) is 4.79 Å². The second-order valence-corrected chi connectivity index (χ2v) is 5.50. The SMILES string of the molecule is Cc1nc2ccc(NC(=O)CC3CCNCC3)cc2[nH]1.Cl.Cl. The Balaban J connectivity index is 0.00000121. The first-order valence-corrected chi connectivity index (χ1v) is 7.17. The zero-order valence-corrected chi connectivity index (χ0v) is 14.1. The van der Waals surface area contributed by atoms with Gasteiger partial charge in [-0.2, -0.15) is 0 Å². The Kier molecular flexibility index (Phi) is 7.13. The maximum absolute atomic E-state index is 12.1. The first kappa shape index (κ1) is 18.7. The van der Waals surface area contributed by atoms with Gasteiger partial charge in [0.15, 0.2) is 0 Å². The molecule has 0 radical (unpaired) electrons. The normalized spacial score (nSPS) is 15.0. The molecule has 122 valence electrons. The molecular weight excluding hydrogens is 323 g/mol. The number of fused-ring (bicyclic) bond motifs is 1. The van der Waals surface area contributed by atoms with Gasteiger partial charge in [0.2, 0.25) is 5.91 Å². The number of H-pyrrole nitrogens is 1. The van der Waals surface area contributed by atoms with Crippen molar-refractivity contribution in [3.8, 4) is 0 Å². The summed E-state index contributed by atoms with van der Waals surface area (Å²) in [7, 11) is 0. The zero-order chi connectivity index (χ0) is 13.9. The second kappa shape index (κ2) is 8.36. The van der Waals surface area contributed by atoms with E-state index in [4.69, 9.17) is 0 Å². The highest BCUT2D eigenvalue weighted by molar-refractivity contribution is 5.93. The summed E-state index contributed by atoms with van der Waals surface area (Å²) in [4.78, 5) is 19.6. The van der Waals surface area contributed by atoms with Crippen molar-refractivity contribution in [2.75, 3.05) is 18.4 Å². The van der Waals surface area contributed by atoms with Crippen LogP contribution >= 0.6 is 24.8 Å². The molecule has 2 aromatic rings. The summed E-state index contributed by atoms with van der Waals surface area (Å²) in [6, 6.07) is 5.78. The topological polar surface area (TPSA) is 69.8 Å². The second-order valence-electron chi connectivity index (χ2n) is 5.50. The van der Waals surface area contributed by atoms with Crippen molar-refractivity contribution in [3.63, 3.8) is 0 Å². The molecule has 1 aliphatic heterocycles. The summed E-state index contributed by atoms with van der Waals surface area (Å²) < 4.78 is 0. The molecule has 0 spiro atoms. The minimum absolute atomic E-state index is 0. The Morgan fingerprint density at radius 3 is 2.77 bits per heavy atom. The first-order chi connectivity index (χ1) is 9.70. The molecule has 1 amide bonds.